The minimum Gasteiger partial charge on any atom is -0.309 e. The van der Waals surface area contributed by atoms with E-state index in [-0.39, 0.29) is 5.56 Å². The minimum atomic E-state index is -0.000360. The van der Waals surface area contributed by atoms with Crippen molar-refractivity contribution in [1.82, 2.24) is 24.7 Å². The van der Waals surface area contributed by atoms with Crippen LogP contribution in [-0.2, 0) is 25.1 Å². The average molecular weight is 361 g/mol. The van der Waals surface area contributed by atoms with Gasteiger partial charge in [-0.2, -0.15) is 0 Å². The number of aromatic amines is 1. The molecule has 4 rings (SSSR count). The summed E-state index contributed by atoms with van der Waals surface area (Å²) in [6.07, 6.45) is 4.94. The van der Waals surface area contributed by atoms with Gasteiger partial charge in [0.2, 0.25) is 0 Å². The van der Waals surface area contributed by atoms with Crippen LogP contribution in [0.1, 0.15) is 36.5 Å². The summed E-state index contributed by atoms with van der Waals surface area (Å²) < 4.78 is 1.98. The third kappa shape index (κ3) is 2.77. The molecule has 0 unspecified atom stereocenters. The van der Waals surface area contributed by atoms with E-state index >= 15 is 0 Å². The fraction of sp³-hybridized carbons (Fsp3) is 0.500. The maximum absolute atomic E-state index is 12.6. The topological polar surface area (TPSA) is 76.5 Å². The van der Waals surface area contributed by atoms with Gasteiger partial charge in [0.25, 0.3) is 5.56 Å². The third-order valence-electron chi connectivity index (χ3n) is 4.47. The number of aromatic nitrogens is 5. The molecule has 0 bridgehead atoms. The van der Waals surface area contributed by atoms with Gasteiger partial charge in [0, 0.05) is 11.4 Å². The maximum atomic E-state index is 12.6. The average Bonchev–Trinajstić information content (AvgIpc) is 3.15. The number of nitrogens with zero attached hydrogens (tertiary/aromatic N) is 4. The number of fused-ring (bicyclic) bond motifs is 3. The molecule has 0 saturated carbocycles. The summed E-state index contributed by atoms with van der Waals surface area (Å²) in [6.45, 7) is 5.15. The Morgan fingerprint density at radius 3 is 3.21 bits per heavy atom. The summed E-state index contributed by atoms with van der Waals surface area (Å²) in [6, 6.07) is 0. The number of thioether (sulfide) groups is 1. The van der Waals surface area contributed by atoms with Crippen molar-refractivity contribution in [2.45, 2.75) is 50.6 Å². The lowest BCUT2D eigenvalue weighted by molar-refractivity contribution is 0.509. The minimum absolute atomic E-state index is 0.000360. The first kappa shape index (κ1) is 15.8. The number of thiophene rings is 1. The van der Waals surface area contributed by atoms with Crippen LogP contribution in [0.2, 0.25) is 0 Å². The molecule has 1 aliphatic rings. The molecule has 0 fully saturated rings. The van der Waals surface area contributed by atoms with Gasteiger partial charge in [0.1, 0.15) is 17.0 Å². The van der Waals surface area contributed by atoms with Gasteiger partial charge < -0.3 is 9.55 Å². The summed E-state index contributed by atoms with van der Waals surface area (Å²) in [5, 5.41) is 9.69. The smallest absolute Gasteiger partial charge is 0.259 e. The van der Waals surface area contributed by atoms with Gasteiger partial charge in [-0.1, -0.05) is 18.7 Å². The van der Waals surface area contributed by atoms with Crippen LogP contribution >= 0.6 is 23.1 Å². The highest BCUT2D eigenvalue weighted by Crippen LogP contribution is 2.35. The monoisotopic (exact) mass is 361 g/mol. The van der Waals surface area contributed by atoms with Crippen LogP contribution < -0.4 is 5.56 Å². The van der Waals surface area contributed by atoms with Crippen LogP contribution in [-0.4, -0.2) is 24.7 Å². The highest BCUT2D eigenvalue weighted by molar-refractivity contribution is 7.98. The lowest BCUT2D eigenvalue weighted by atomic mass is 9.89. The van der Waals surface area contributed by atoms with E-state index in [0.29, 0.717) is 17.5 Å². The normalized spacial score (nSPS) is 17.3. The molecule has 0 spiro atoms. The Kier molecular flexibility index (Phi) is 4.17. The van der Waals surface area contributed by atoms with E-state index < -0.39 is 0 Å². The quantitative estimate of drug-likeness (QED) is 0.723. The van der Waals surface area contributed by atoms with E-state index in [1.165, 1.54) is 10.4 Å². The van der Waals surface area contributed by atoms with Crippen molar-refractivity contribution < 1.29 is 0 Å². The molecule has 3 aromatic rings. The summed E-state index contributed by atoms with van der Waals surface area (Å²) in [5.74, 6) is 1.98. The Labute approximate surface area is 147 Å². The van der Waals surface area contributed by atoms with Gasteiger partial charge in [-0.05, 0) is 37.7 Å². The predicted molar refractivity (Wildman–Crippen MR) is 96.7 cm³/mol. The molecule has 0 aliphatic heterocycles. The third-order valence-corrected chi connectivity index (χ3v) is 6.61. The number of nitrogens with one attached hydrogen (secondary N) is 1. The van der Waals surface area contributed by atoms with Crippen LogP contribution in [0, 0.1) is 5.92 Å². The molecule has 0 amide bonds. The lowest BCUT2D eigenvalue weighted by Crippen LogP contribution is -2.14. The van der Waals surface area contributed by atoms with E-state index in [0.717, 1.165) is 41.2 Å². The number of hydrogen-bond donors (Lipinski definition) is 1. The second kappa shape index (κ2) is 6.33. The molecule has 1 N–H and O–H groups in total. The molecule has 24 heavy (non-hydrogen) atoms. The fourth-order valence-corrected chi connectivity index (χ4v) is 5.42. The van der Waals surface area contributed by atoms with Crippen LogP contribution in [0.3, 0.4) is 0 Å². The summed E-state index contributed by atoms with van der Waals surface area (Å²) in [4.78, 5) is 22.5. The van der Waals surface area contributed by atoms with Crippen LogP contribution in [0.4, 0.5) is 0 Å². The number of aryl methyl sites for hydroxylation is 2. The second-order valence-corrected chi connectivity index (χ2v) is 8.26. The first-order valence-electron chi connectivity index (χ1n) is 8.19. The fourth-order valence-electron chi connectivity index (χ4n) is 3.17. The summed E-state index contributed by atoms with van der Waals surface area (Å²) in [7, 11) is 0. The standard InChI is InChI=1S/C16H19N5OS2/c1-3-21-8-17-20-16(21)23-7-12-18-14(22)13-10-5-4-9(2)6-11(10)24-15(13)19-12/h8-9H,3-7H2,1-2H3,(H,18,19,22)/t9-/m0/s1. The Hall–Kier alpha value is -1.67. The van der Waals surface area contributed by atoms with Gasteiger partial charge in [-0.3, -0.25) is 4.79 Å². The zero-order valence-electron chi connectivity index (χ0n) is 13.7. The first-order chi connectivity index (χ1) is 11.7. The molecule has 6 nitrogen and oxygen atoms in total. The van der Waals surface area contributed by atoms with Crippen molar-refractivity contribution in [3.05, 3.63) is 32.9 Å². The van der Waals surface area contributed by atoms with Gasteiger partial charge in [0.05, 0.1) is 11.1 Å². The number of H-pyrrole nitrogens is 1. The van der Waals surface area contributed by atoms with E-state index in [1.807, 2.05) is 4.57 Å². The molecule has 3 heterocycles. The molecule has 0 saturated heterocycles. The molecule has 0 aromatic carbocycles. The number of rotatable bonds is 4. The Balaban J connectivity index is 1.64. The molecule has 3 aromatic heterocycles. The van der Waals surface area contributed by atoms with E-state index in [4.69, 9.17) is 4.98 Å². The van der Waals surface area contributed by atoms with Gasteiger partial charge >= 0.3 is 0 Å². The molecular weight excluding hydrogens is 342 g/mol. The lowest BCUT2D eigenvalue weighted by Gasteiger charge is -2.17. The largest absolute Gasteiger partial charge is 0.309 e. The summed E-state index contributed by atoms with van der Waals surface area (Å²) in [5.41, 5.74) is 1.23. The first-order valence-corrected chi connectivity index (χ1v) is 10.00. The zero-order valence-corrected chi connectivity index (χ0v) is 15.3. The van der Waals surface area contributed by atoms with Crippen molar-refractivity contribution >= 4 is 33.3 Å². The van der Waals surface area contributed by atoms with Crippen molar-refractivity contribution in [2.24, 2.45) is 5.92 Å². The van der Waals surface area contributed by atoms with Crippen LogP contribution in [0.15, 0.2) is 16.3 Å². The molecule has 0 radical (unpaired) electrons. The number of hydrogen-bond acceptors (Lipinski definition) is 6. The molecule has 1 atom stereocenters. The predicted octanol–water partition coefficient (Wildman–Crippen LogP) is 3.01. The Morgan fingerprint density at radius 1 is 1.50 bits per heavy atom. The van der Waals surface area contributed by atoms with Gasteiger partial charge in [-0.25, -0.2) is 4.98 Å². The van der Waals surface area contributed by atoms with Crippen molar-refractivity contribution in [3.63, 3.8) is 0 Å². The highest BCUT2D eigenvalue weighted by atomic mass is 32.2. The highest BCUT2D eigenvalue weighted by Gasteiger charge is 2.23. The SMILES string of the molecule is CCn1cnnc1SCc1nc2sc3c(c2c(=O)[nH]1)CC[C@H](C)C3. The van der Waals surface area contributed by atoms with Gasteiger partial charge in [-0.15, -0.1) is 21.5 Å². The summed E-state index contributed by atoms with van der Waals surface area (Å²) >= 11 is 3.23. The zero-order chi connectivity index (χ0) is 16.7. The Bertz CT molecular complexity index is 942. The molecule has 126 valence electrons. The molecular formula is C16H19N5OS2. The molecule has 8 heteroatoms. The van der Waals surface area contributed by atoms with Crippen molar-refractivity contribution in [1.29, 1.82) is 0 Å². The van der Waals surface area contributed by atoms with Gasteiger partial charge in [0.15, 0.2) is 5.16 Å². The Morgan fingerprint density at radius 2 is 2.38 bits per heavy atom. The van der Waals surface area contributed by atoms with Crippen LogP contribution in [0.5, 0.6) is 0 Å². The van der Waals surface area contributed by atoms with Crippen molar-refractivity contribution in [2.75, 3.05) is 0 Å². The second-order valence-electron chi connectivity index (χ2n) is 6.23. The maximum Gasteiger partial charge on any atom is 0.259 e. The van der Waals surface area contributed by atoms with E-state index in [1.54, 1.807) is 29.4 Å². The van der Waals surface area contributed by atoms with E-state index in [9.17, 15) is 4.79 Å². The van der Waals surface area contributed by atoms with Crippen LogP contribution in [0.25, 0.3) is 10.2 Å². The molecule has 1 aliphatic carbocycles. The van der Waals surface area contributed by atoms with Crippen molar-refractivity contribution in [3.8, 4) is 0 Å². The van der Waals surface area contributed by atoms with E-state index in [2.05, 4.69) is 29.0 Å².